The van der Waals surface area contributed by atoms with Gasteiger partial charge in [0.2, 0.25) is 0 Å². The Morgan fingerprint density at radius 3 is 2.19 bits per heavy atom. The van der Waals surface area contributed by atoms with E-state index in [2.05, 4.69) is 5.32 Å². The number of nitriles is 1. The van der Waals surface area contributed by atoms with E-state index >= 15 is 0 Å². The summed E-state index contributed by atoms with van der Waals surface area (Å²) in [6.07, 6.45) is 0. The zero-order chi connectivity index (χ0) is 19.1. The maximum Gasteiger partial charge on any atom is 0.341 e. The van der Waals surface area contributed by atoms with Gasteiger partial charge in [0.1, 0.15) is 5.75 Å². The van der Waals surface area contributed by atoms with Crippen LogP contribution in [0.1, 0.15) is 33.2 Å². The lowest BCUT2D eigenvalue weighted by molar-refractivity contribution is -0.139. The molecule has 132 valence electrons. The van der Waals surface area contributed by atoms with Crippen LogP contribution in [-0.4, -0.2) is 35.4 Å². The first kappa shape index (κ1) is 18.7. The number of nitrogens with one attached hydrogen (secondary N) is 1. The number of carboxylic acid groups (broad SMARTS) is 1. The lowest BCUT2D eigenvalue weighted by Gasteiger charge is -2.13. The highest BCUT2D eigenvalue weighted by molar-refractivity contribution is 6.04. The summed E-state index contributed by atoms with van der Waals surface area (Å²) in [5, 5.41) is 19.9. The summed E-state index contributed by atoms with van der Waals surface area (Å²) in [5.74, 6) is -1.48. The van der Waals surface area contributed by atoms with Gasteiger partial charge in [-0.2, -0.15) is 5.26 Å². The predicted molar refractivity (Wildman–Crippen MR) is 92.0 cm³/mol. The number of ether oxygens (including phenoxy) is 1. The van der Waals surface area contributed by atoms with Gasteiger partial charge in [-0.3, -0.25) is 9.59 Å². The van der Waals surface area contributed by atoms with Crippen LogP contribution in [-0.2, 0) is 4.79 Å². The van der Waals surface area contributed by atoms with E-state index < -0.39 is 24.5 Å². The van der Waals surface area contributed by atoms with Gasteiger partial charge in [0.05, 0.1) is 17.7 Å². The Morgan fingerprint density at radius 2 is 1.65 bits per heavy atom. The second-order valence-electron chi connectivity index (χ2n) is 5.46. The van der Waals surface area contributed by atoms with Gasteiger partial charge in [-0.25, -0.2) is 4.79 Å². The van der Waals surface area contributed by atoms with Crippen LogP contribution in [0.3, 0.4) is 0 Å². The van der Waals surface area contributed by atoms with E-state index in [9.17, 15) is 14.4 Å². The summed E-state index contributed by atoms with van der Waals surface area (Å²) >= 11 is 0. The lowest BCUT2D eigenvalue weighted by atomic mass is 10.0. The zero-order valence-corrected chi connectivity index (χ0v) is 13.9. The van der Waals surface area contributed by atoms with Crippen LogP contribution >= 0.6 is 0 Å². The number of carboxylic acids is 1. The van der Waals surface area contributed by atoms with Gasteiger partial charge >= 0.3 is 5.97 Å². The van der Waals surface area contributed by atoms with E-state index in [0.717, 1.165) is 0 Å². The van der Waals surface area contributed by atoms with Crippen molar-refractivity contribution in [3.63, 3.8) is 0 Å². The van der Waals surface area contributed by atoms with Crippen molar-refractivity contribution in [1.82, 2.24) is 5.32 Å². The molecule has 0 aromatic heterocycles. The molecule has 7 heteroatoms. The van der Waals surface area contributed by atoms with Crippen molar-refractivity contribution < 1.29 is 24.2 Å². The molecule has 0 spiro atoms. The molecule has 0 unspecified atom stereocenters. The van der Waals surface area contributed by atoms with Crippen molar-refractivity contribution in [2.75, 3.05) is 6.61 Å². The van der Waals surface area contributed by atoms with Gasteiger partial charge in [-0.05, 0) is 55.5 Å². The first-order valence-corrected chi connectivity index (χ1v) is 7.70. The number of amides is 1. The number of hydrogen-bond donors (Lipinski definition) is 2. The predicted octanol–water partition coefficient (Wildman–Crippen LogP) is 2.02. The molecule has 2 rings (SSSR count). The van der Waals surface area contributed by atoms with E-state index in [1.807, 2.05) is 6.07 Å². The van der Waals surface area contributed by atoms with Crippen molar-refractivity contribution in [1.29, 1.82) is 5.26 Å². The van der Waals surface area contributed by atoms with Crippen molar-refractivity contribution in [2.45, 2.75) is 13.0 Å². The van der Waals surface area contributed by atoms with Crippen molar-refractivity contribution in [3.05, 3.63) is 65.2 Å². The van der Waals surface area contributed by atoms with E-state index in [4.69, 9.17) is 15.1 Å². The molecule has 1 amide bonds. The van der Waals surface area contributed by atoms with E-state index in [1.54, 1.807) is 6.92 Å². The van der Waals surface area contributed by atoms with Crippen LogP contribution in [0.25, 0.3) is 0 Å². The first-order valence-electron chi connectivity index (χ1n) is 7.70. The molecular weight excluding hydrogens is 336 g/mol. The Labute approximate surface area is 149 Å². The highest BCUT2D eigenvalue weighted by Gasteiger charge is 2.18. The third-order valence-corrected chi connectivity index (χ3v) is 3.52. The Bertz CT molecular complexity index is 851. The summed E-state index contributed by atoms with van der Waals surface area (Å²) in [7, 11) is 0. The van der Waals surface area contributed by atoms with Gasteiger partial charge in [0.25, 0.3) is 5.91 Å². The molecule has 1 atom stereocenters. The molecule has 2 aromatic rings. The van der Waals surface area contributed by atoms with E-state index in [0.29, 0.717) is 22.4 Å². The SMILES string of the molecule is C[C@H](NC(=O)c1ccc(C#N)cc1)C(=O)c1ccc(OCC(=O)O)cc1. The maximum absolute atomic E-state index is 12.4. The van der Waals surface area contributed by atoms with Gasteiger partial charge in [0.15, 0.2) is 12.4 Å². The van der Waals surface area contributed by atoms with Crippen LogP contribution in [0.4, 0.5) is 0 Å². The molecule has 0 fully saturated rings. The minimum Gasteiger partial charge on any atom is -0.482 e. The zero-order valence-electron chi connectivity index (χ0n) is 13.9. The molecule has 26 heavy (non-hydrogen) atoms. The monoisotopic (exact) mass is 352 g/mol. The molecule has 0 radical (unpaired) electrons. The Morgan fingerprint density at radius 1 is 1.08 bits per heavy atom. The number of ketones is 1. The Balaban J connectivity index is 1.98. The number of rotatable bonds is 7. The number of Topliss-reactive ketones (excluding diaryl/α,β-unsaturated/α-hetero) is 1. The maximum atomic E-state index is 12.4. The highest BCUT2D eigenvalue weighted by Crippen LogP contribution is 2.14. The van der Waals surface area contributed by atoms with Crippen LogP contribution in [0.5, 0.6) is 5.75 Å². The van der Waals surface area contributed by atoms with Gasteiger partial charge in [-0.15, -0.1) is 0 Å². The van der Waals surface area contributed by atoms with Crippen LogP contribution in [0.2, 0.25) is 0 Å². The minimum absolute atomic E-state index is 0.295. The third-order valence-electron chi connectivity index (χ3n) is 3.52. The number of aliphatic carboxylic acids is 1. The highest BCUT2D eigenvalue weighted by atomic mass is 16.5. The molecule has 2 N–H and O–H groups in total. The number of carbonyl (C=O) groups is 3. The fourth-order valence-electron chi connectivity index (χ4n) is 2.15. The van der Waals surface area contributed by atoms with Crippen molar-refractivity contribution >= 4 is 17.7 Å². The van der Waals surface area contributed by atoms with Gasteiger partial charge in [-0.1, -0.05) is 0 Å². The summed E-state index contributed by atoms with van der Waals surface area (Å²) in [6, 6.07) is 13.3. The van der Waals surface area contributed by atoms with Crippen LogP contribution in [0, 0.1) is 11.3 Å². The van der Waals surface area contributed by atoms with Gasteiger partial charge in [0, 0.05) is 11.1 Å². The molecule has 0 heterocycles. The summed E-state index contributed by atoms with van der Waals surface area (Å²) in [4.78, 5) is 35.0. The molecule has 0 aliphatic rings. The lowest BCUT2D eigenvalue weighted by Crippen LogP contribution is -2.38. The normalized spacial score (nSPS) is 11.1. The number of benzene rings is 2. The standard InChI is InChI=1S/C19H16N2O5/c1-12(21-19(25)15-4-2-13(10-20)3-5-15)18(24)14-6-8-16(9-7-14)26-11-17(22)23/h2-9,12H,11H2,1H3,(H,21,25)(H,22,23)/t12-/m0/s1. The van der Waals surface area contributed by atoms with Crippen LogP contribution < -0.4 is 10.1 Å². The van der Waals surface area contributed by atoms with E-state index in [-0.39, 0.29) is 5.78 Å². The summed E-state index contributed by atoms with van der Waals surface area (Å²) in [6.45, 7) is 1.10. The number of nitrogens with zero attached hydrogens (tertiary/aromatic N) is 1. The summed E-state index contributed by atoms with van der Waals surface area (Å²) in [5.41, 5.74) is 1.15. The topological polar surface area (TPSA) is 116 Å². The molecule has 2 aromatic carbocycles. The first-order chi connectivity index (χ1) is 12.4. The minimum atomic E-state index is -1.09. The Kier molecular flexibility index (Phi) is 6.06. The fourth-order valence-corrected chi connectivity index (χ4v) is 2.15. The molecule has 0 saturated carbocycles. The number of hydrogen-bond acceptors (Lipinski definition) is 5. The quantitative estimate of drug-likeness (QED) is 0.736. The molecule has 0 aliphatic heterocycles. The fraction of sp³-hybridized carbons (Fsp3) is 0.158. The average molecular weight is 352 g/mol. The third kappa shape index (κ3) is 4.92. The second-order valence-corrected chi connectivity index (χ2v) is 5.46. The molecule has 0 bridgehead atoms. The van der Waals surface area contributed by atoms with Crippen LogP contribution in [0.15, 0.2) is 48.5 Å². The summed E-state index contributed by atoms with van der Waals surface area (Å²) < 4.78 is 5.00. The van der Waals surface area contributed by atoms with Crippen molar-refractivity contribution in [2.24, 2.45) is 0 Å². The van der Waals surface area contributed by atoms with E-state index in [1.165, 1.54) is 48.5 Å². The smallest absolute Gasteiger partial charge is 0.341 e. The average Bonchev–Trinajstić information content (AvgIpc) is 2.66. The number of carbonyl (C=O) groups excluding carboxylic acids is 2. The molecular formula is C19H16N2O5. The Hall–Kier alpha value is -3.66. The largest absolute Gasteiger partial charge is 0.482 e. The van der Waals surface area contributed by atoms with Gasteiger partial charge < -0.3 is 15.2 Å². The van der Waals surface area contributed by atoms with Crippen molar-refractivity contribution in [3.8, 4) is 11.8 Å². The molecule has 0 aliphatic carbocycles. The molecule has 0 saturated heterocycles. The second kappa shape index (κ2) is 8.44. The molecule has 7 nitrogen and oxygen atoms in total.